The Morgan fingerprint density at radius 3 is 2.39 bits per heavy atom. The third kappa shape index (κ3) is 3.68. The summed E-state index contributed by atoms with van der Waals surface area (Å²) in [5, 5.41) is 1.92. The maximum atomic E-state index is 13.3. The number of thiophene rings is 1. The fourth-order valence-corrected chi connectivity index (χ4v) is 2.79. The van der Waals surface area contributed by atoms with Gasteiger partial charge < -0.3 is 4.74 Å². The number of benzene rings is 1. The van der Waals surface area contributed by atoms with E-state index in [9.17, 15) is 13.2 Å². The van der Waals surface area contributed by atoms with E-state index in [1.165, 1.54) is 35.7 Å². The summed E-state index contributed by atoms with van der Waals surface area (Å²) in [4.78, 5) is 8.34. The third-order valence-corrected chi connectivity index (χ3v) is 4.03. The van der Waals surface area contributed by atoms with E-state index in [4.69, 9.17) is 4.74 Å². The molecule has 0 radical (unpaired) electrons. The SMILES string of the molecule is FC(F)(F)C(Oc1ccncn1)c1ccc(-c2cccs2)cc1. The first kappa shape index (κ1) is 15.5. The lowest BCUT2D eigenvalue weighted by Crippen LogP contribution is -2.26. The van der Waals surface area contributed by atoms with Crippen molar-refractivity contribution in [3.05, 3.63) is 65.9 Å². The first-order valence-corrected chi connectivity index (χ1v) is 7.55. The molecule has 118 valence electrons. The van der Waals surface area contributed by atoms with E-state index in [0.29, 0.717) is 0 Å². The van der Waals surface area contributed by atoms with Crippen LogP contribution >= 0.6 is 11.3 Å². The Bertz CT molecular complexity index is 743. The van der Waals surface area contributed by atoms with Crippen LogP contribution < -0.4 is 4.74 Å². The molecule has 0 bridgehead atoms. The molecule has 0 N–H and O–H groups in total. The van der Waals surface area contributed by atoms with E-state index >= 15 is 0 Å². The summed E-state index contributed by atoms with van der Waals surface area (Å²) in [5.41, 5.74) is 0.892. The molecule has 1 aromatic carbocycles. The highest BCUT2D eigenvalue weighted by molar-refractivity contribution is 7.13. The Kier molecular flexibility index (Phi) is 4.29. The van der Waals surface area contributed by atoms with Gasteiger partial charge in [-0.15, -0.1) is 11.3 Å². The predicted octanol–water partition coefficient (Wildman–Crippen LogP) is 4.89. The van der Waals surface area contributed by atoms with E-state index in [1.54, 1.807) is 12.1 Å². The van der Waals surface area contributed by atoms with Gasteiger partial charge in [-0.3, -0.25) is 0 Å². The van der Waals surface area contributed by atoms with Gasteiger partial charge in [0, 0.05) is 22.7 Å². The van der Waals surface area contributed by atoms with Gasteiger partial charge in [-0.25, -0.2) is 9.97 Å². The average Bonchev–Trinajstić information content (AvgIpc) is 3.07. The zero-order valence-corrected chi connectivity index (χ0v) is 12.5. The van der Waals surface area contributed by atoms with Crippen molar-refractivity contribution >= 4 is 11.3 Å². The number of aromatic nitrogens is 2. The van der Waals surface area contributed by atoms with Gasteiger partial charge in [-0.2, -0.15) is 13.2 Å². The number of ether oxygens (including phenoxy) is 1. The predicted molar refractivity (Wildman–Crippen MR) is 81.2 cm³/mol. The lowest BCUT2D eigenvalue weighted by molar-refractivity contribution is -0.198. The zero-order valence-electron chi connectivity index (χ0n) is 11.7. The largest absolute Gasteiger partial charge is 0.460 e. The van der Waals surface area contributed by atoms with E-state index in [2.05, 4.69) is 9.97 Å². The molecule has 2 heterocycles. The summed E-state index contributed by atoms with van der Waals surface area (Å²) in [6.45, 7) is 0. The highest BCUT2D eigenvalue weighted by atomic mass is 32.1. The van der Waals surface area contributed by atoms with Gasteiger partial charge in [0.15, 0.2) is 0 Å². The number of hydrogen-bond acceptors (Lipinski definition) is 4. The lowest BCUT2D eigenvalue weighted by atomic mass is 10.1. The van der Waals surface area contributed by atoms with Gasteiger partial charge >= 0.3 is 6.18 Å². The molecule has 1 unspecified atom stereocenters. The van der Waals surface area contributed by atoms with Crippen LogP contribution in [-0.2, 0) is 0 Å². The Morgan fingerprint density at radius 2 is 1.83 bits per heavy atom. The van der Waals surface area contributed by atoms with Crippen molar-refractivity contribution in [2.24, 2.45) is 0 Å². The second-order valence-corrected chi connectivity index (χ2v) is 5.63. The first-order chi connectivity index (χ1) is 11.0. The Balaban J connectivity index is 1.88. The molecule has 0 aliphatic rings. The summed E-state index contributed by atoms with van der Waals surface area (Å²) in [6.07, 6.45) is -4.15. The van der Waals surface area contributed by atoms with Crippen molar-refractivity contribution in [2.75, 3.05) is 0 Å². The highest BCUT2D eigenvalue weighted by Gasteiger charge is 2.43. The Hall–Kier alpha value is -2.41. The molecule has 0 amide bonds. The highest BCUT2D eigenvalue weighted by Crippen LogP contribution is 2.37. The third-order valence-electron chi connectivity index (χ3n) is 3.11. The molecule has 0 fully saturated rings. The van der Waals surface area contributed by atoms with Crippen LogP contribution in [0.1, 0.15) is 11.7 Å². The molecule has 2 aromatic heterocycles. The topological polar surface area (TPSA) is 35.0 Å². The molecule has 0 saturated heterocycles. The minimum Gasteiger partial charge on any atom is -0.460 e. The molecular formula is C16H11F3N2OS. The minimum absolute atomic E-state index is 0.0245. The summed E-state index contributed by atoms with van der Waals surface area (Å²) in [7, 11) is 0. The quantitative estimate of drug-likeness (QED) is 0.680. The molecule has 0 spiro atoms. The summed E-state index contributed by atoms with van der Waals surface area (Å²) >= 11 is 1.53. The van der Waals surface area contributed by atoms with Gasteiger partial charge in [0.25, 0.3) is 0 Å². The van der Waals surface area contributed by atoms with Crippen molar-refractivity contribution in [3.63, 3.8) is 0 Å². The van der Waals surface area contributed by atoms with Crippen molar-refractivity contribution < 1.29 is 17.9 Å². The number of rotatable bonds is 4. The molecule has 3 nitrogen and oxygen atoms in total. The summed E-state index contributed by atoms with van der Waals surface area (Å²) in [5.74, 6) is -0.121. The van der Waals surface area contributed by atoms with Gasteiger partial charge in [0.1, 0.15) is 6.33 Å². The van der Waals surface area contributed by atoms with Crippen LogP contribution in [0.4, 0.5) is 13.2 Å². The zero-order chi connectivity index (χ0) is 16.3. The maximum Gasteiger partial charge on any atom is 0.429 e. The fraction of sp³-hybridized carbons (Fsp3) is 0.125. The molecule has 1 atom stereocenters. The maximum absolute atomic E-state index is 13.3. The molecule has 7 heteroatoms. The average molecular weight is 336 g/mol. The smallest absolute Gasteiger partial charge is 0.429 e. The molecule has 0 aliphatic heterocycles. The molecule has 0 saturated carbocycles. The molecular weight excluding hydrogens is 325 g/mol. The van der Waals surface area contributed by atoms with Crippen molar-refractivity contribution in [1.29, 1.82) is 0 Å². The van der Waals surface area contributed by atoms with Crippen LogP contribution in [0.15, 0.2) is 60.4 Å². The second kappa shape index (κ2) is 6.37. The second-order valence-electron chi connectivity index (χ2n) is 4.69. The molecule has 3 aromatic rings. The lowest BCUT2D eigenvalue weighted by Gasteiger charge is -2.21. The van der Waals surface area contributed by atoms with Crippen LogP contribution in [-0.4, -0.2) is 16.1 Å². The van der Waals surface area contributed by atoms with E-state index in [1.807, 2.05) is 17.5 Å². The number of hydrogen-bond donors (Lipinski definition) is 0. The van der Waals surface area contributed by atoms with E-state index in [0.717, 1.165) is 16.8 Å². The number of halogens is 3. The summed E-state index contributed by atoms with van der Waals surface area (Å²) in [6, 6.07) is 11.3. The molecule has 3 rings (SSSR count). The normalized spacial score (nSPS) is 12.8. The van der Waals surface area contributed by atoms with Crippen molar-refractivity contribution in [2.45, 2.75) is 12.3 Å². The number of alkyl halides is 3. The van der Waals surface area contributed by atoms with Gasteiger partial charge in [0.2, 0.25) is 12.0 Å². The van der Waals surface area contributed by atoms with Crippen LogP contribution in [0.25, 0.3) is 10.4 Å². The monoisotopic (exact) mass is 336 g/mol. The van der Waals surface area contributed by atoms with Crippen LogP contribution in [0.2, 0.25) is 0 Å². The fourth-order valence-electron chi connectivity index (χ4n) is 2.06. The van der Waals surface area contributed by atoms with Crippen LogP contribution in [0.3, 0.4) is 0 Å². The van der Waals surface area contributed by atoms with Crippen LogP contribution in [0, 0.1) is 0 Å². The molecule has 0 aliphatic carbocycles. The van der Waals surface area contributed by atoms with Crippen LogP contribution in [0.5, 0.6) is 5.88 Å². The molecule has 23 heavy (non-hydrogen) atoms. The van der Waals surface area contributed by atoms with Crippen molar-refractivity contribution in [1.82, 2.24) is 9.97 Å². The first-order valence-electron chi connectivity index (χ1n) is 6.67. The van der Waals surface area contributed by atoms with Gasteiger partial charge in [-0.05, 0) is 17.0 Å². The summed E-state index contributed by atoms with van der Waals surface area (Å²) < 4.78 is 44.9. The minimum atomic E-state index is -4.55. The van der Waals surface area contributed by atoms with Crippen molar-refractivity contribution in [3.8, 4) is 16.3 Å². The van der Waals surface area contributed by atoms with E-state index < -0.39 is 12.3 Å². The Labute approximate surface area is 134 Å². The van der Waals surface area contributed by atoms with E-state index in [-0.39, 0.29) is 11.4 Å². The van der Waals surface area contributed by atoms with Gasteiger partial charge in [-0.1, -0.05) is 30.3 Å². The Morgan fingerprint density at radius 1 is 1.04 bits per heavy atom. The number of nitrogens with zero attached hydrogens (tertiary/aromatic N) is 2. The standard InChI is InChI=1S/C16H11F3N2OS/c17-16(18,19)15(22-14-7-8-20-10-21-14)12-5-3-11(4-6-12)13-2-1-9-23-13/h1-10,15H. The van der Waals surface area contributed by atoms with Gasteiger partial charge in [0.05, 0.1) is 0 Å².